The first-order valence-corrected chi connectivity index (χ1v) is 13.2. The molecule has 1 atom stereocenters. The van der Waals surface area contributed by atoms with Crippen LogP contribution in [0, 0.1) is 0 Å². The van der Waals surface area contributed by atoms with Gasteiger partial charge >= 0.3 is 0 Å². The molecule has 0 aromatic heterocycles. The molecule has 35 heavy (non-hydrogen) atoms. The van der Waals surface area contributed by atoms with Gasteiger partial charge in [0.2, 0.25) is 5.91 Å². The van der Waals surface area contributed by atoms with Gasteiger partial charge in [0.25, 0.3) is 0 Å². The number of nitrogen functional groups attached to an aromatic ring is 1. The van der Waals surface area contributed by atoms with E-state index in [1.54, 1.807) is 0 Å². The van der Waals surface area contributed by atoms with Crippen molar-refractivity contribution in [3.8, 4) is 0 Å². The largest absolute Gasteiger partial charge is 0.399 e. The van der Waals surface area contributed by atoms with Crippen molar-refractivity contribution in [2.75, 3.05) is 36.8 Å². The zero-order chi connectivity index (χ0) is 25.2. The minimum absolute atomic E-state index is 0.347. The van der Waals surface area contributed by atoms with Crippen LogP contribution in [0.2, 0.25) is 0 Å². The highest BCUT2D eigenvalue weighted by atomic mass is 16.1. The average Bonchev–Trinajstić information content (AvgIpc) is 2.91. The molecule has 2 heterocycles. The number of hydrogen-bond acceptors (Lipinski definition) is 5. The van der Waals surface area contributed by atoms with E-state index in [1.807, 2.05) is 38.1 Å². The van der Waals surface area contributed by atoms with E-state index >= 15 is 0 Å². The molecule has 0 aliphatic carbocycles. The quantitative estimate of drug-likeness (QED) is 0.424. The summed E-state index contributed by atoms with van der Waals surface area (Å²) in [6.07, 6.45) is 6.45. The Labute approximate surface area is 210 Å². The van der Waals surface area contributed by atoms with E-state index in [4.69, 9.17) is 11.5 Å². The molecule has 6 heteroatoms. The Morgan fingerprint density at radius 3 is 2.09 bits per heavy atom. The van der Waals surface area contributed by atoms with E-state index in [2.05, 4.69) is 34.1 Å². The topological polar surface area (TPSA) is 92.7 Å². The lowest BCUT2D eigenvalue weighted by molar-refractivity contribution is -0.119. The van der Waals surface area contributed by atoms with Gasteiger partial charge < -0.3 is 26.1 Å². The molecule has 0 spiro atoms. The summed E-state index contributed by atoms with van der Waals surface area (Å²) in [6.45, 7) is 8.44. The summed E-state index contributed by atoms with van der Waals surface area (Å²) in [6, 6.07) is 17.2. The van der Waals surface area contributed by atoms with Gasteiger partial charge in [0.1, 0.15) is 6.29 Å². The summed E-state index contributed by atoms with van der Waals surface area (Å²) in [7, 11) is 0. The lowest BCUT2D eigenvalue weighted by Crippen LogP contribution is -2.47. The van der Waals surface area contributed by atoms with Crippen LogP contribution in [0.1, 0.15) is 75.3 Å². The van der Waals surface area contributed by atoms with E-state index < -0.39 is 5.92 Å². The van der Waals surface area contributed by atoms with Gasteiger partial charge in [0, 0.05) is 36.9 Å². The first-order valence-electron chi connectivity index (χ1n) is 13.2. The van der Waals surface area contributed by atoms with Crippen molar-refractivity contribution in [3.05, 3.63) is 59.7 Å². The van der Waals surface area contributed by atoms with E-state index in [-0.39, 0.29) is 5.91 Å². The highest BCUT2D eigenvalue weighted by Crippen LogP contribution is 2.32. The van der Waals surface area contributed by atoms with Crippen molar-refractivity contribution in [1.82, 2.24) is 4.90 Å². The standard InChI is InChI=1S/C27H36N4O2.C2H6/c28-23-7-3-20(4-8-23)21-11-15-30(16-12-21)25-13-17-31(18-14-25)24-9-5-22(6-10-24)26(27(29)33)2-1-19-32;1-2/h3-10,19,21,25-26H,1-2,11-18,28H2,(H2,29,33);1-2H3. The van der Waals surface area contributed by atoms with Gasteiger partial charge in [-0.05, 0) is 86.5 Å². The summed E-state index contributed by atoms with van der Waals surface area (Å²) in [5, 5.41) is 0. The number of amides is 1. The number of anilines is 2. The Bertz CT molecular complexity index is 913. The van der Waals surface area contributed by atoms with Gasteiger partial charge in [-0.25, -0.2) is 0 Å². The molecule has 2 aromatic carbocycles. The summed E-state index contributed by atoms with van der Waals surface area (Å²) in [4.78, 5) is 27.6. The predicted molar refractivity (Wildman–Crippen MR) is 145 cm³/mol. The number of carbonyl (C=O) groups excluding carboxylic acids is 2. The molecule has 2 aliphatic rings. The number of nitrogens with zero attached hydrogens (tertiary/aromatic N) is 2. The van der Waals surface area contributed by atoms with Crippen molar-refractivity contribution in [1.29, 1.82) is 0 Å². The Balaban J connectivity index is 0.00000167. The Kier molecular flexibility index (Phi) is 10.2. The fraction of sp³-hybridized carbons (Fsp3) is 0.517. The van der Waals surface area contributed by atoms with Crippen LogP contribution in [-0.2, 0) is 9.59 Å². The van der Waals surface area contributed by atoms with E-state index in [0.717, 1.165) is 30.6 Å². The molecule has 2 aliphatic heterocycles. The number of hydrogen-bond donors (Lipinski definition) is 2. The lowest BCUT2D eigenvalue weighted by atomic mass is 9.88. The second kappa shape index (κ2) is 13.3. The monoisotopic (exact) mass is 478 g/mol. The highest BCUT2D eigenvalue weighted by molar-refractivity contribution is 5.82. The smallest absolute Gasteiger partial charge is 0.224 e. The third-order valence-electron chi connectivity index (χ3n) is 7.50. The number of primary amides is 1. The molecule has 6 nitrogen and oxygen atoms in total. The summed E-state index contributed by atoms with van der Waals surface area (Å²) < 4.78 is 0. The molecule has 4 rings (SSSR count). The van der Waals surface area contributed by atoms with E-state index in [1.165, 1.54) is 50.0 Å². The highest BCUT2D eigenvalue weighted by Gasteiger charge is 2.29. The molecule has 2 saturated heterocycles. The number of likely N-dealkylation sites (tertiary alicyclic amines) is 1. The Morgan fingerprint density at radius 1 is 0.943 bits per heavy atom. The number of rotatable bonds is 8. The number of carbonyl (C=O) groups is 2. The second-order valence-electron chi connectivity index (χ2n) is 9.49. The van der Waals surface area contributed by atoms with Gasteiger partial charge in [-0.15, -0.1) is 0 Å². The molecule has 0 radical (unpaired) electrons. The van der Waals surface area contributed by atoms with Gasteiger partial charge in [0.15, 0.2) is 0 Å². The molecule has 0 bridgehead atoms. The van der Waals surface area contributed by atoms with Crippen molar-refractivity contribution in [3.63, 3.8) is 0 Å². The molecule has 2 fully saturated rings. The zero-order valence-electron chi connectivity index (χ0n) is 21.4. The molecular formula is C29H42N4O2. The molecule has 4 N–H and O–H groups in total. The molecule has 0 saturated carbocycles. The Hall–Kier alpha value is -2.86. The number of nitrogens with two attached hydrogens (primary N) is 2. The van der Waals surface area contributed by atoms with Crippen LogP contribution in [0.3, 0.4) is 0 Å². The normalized spacial score (nSPS) is 18.4. The third-order valence-corrected chi connectivity index (χ3v) is 7.50. The van der Waals surface area contributed by atoms with Crippen LogP contribution >= 0.6 is 0 Å². The van der Waals surface area contributed by atoms with Gasteiger partial charge in [-0.1, -0.05) is 38.1 Å². The summed E-state index contributed by atoms with van der Waals surface area (Å²) in [5.74, 6) is -0.118. The van der Waals surface area contributed by atoms with Crippen LogP contribution in [-0.4, -0.2) is 49.3 Å². The predicted octanol–water partition coefficient (Wildman–Crippen LogP) is 4.69. The van der Waals surface area contributed by atoms with Gasteiger partial charge in [-0.3, -0.25) is 4.79 Å². The van der Waals surface area contributed by atoms with Crippen molar-refractivity contribution >= 4 is 23.6 Å². The van der Waals surface area contributed by atoms with E-state index in [9.17, 15) is 9.59 Å². The molecule has 1 amide bonds. The van der Waals surface area contributed by atoms with Crippen molar-refractivity contribution in [2.24, 2.45) is 5.73 Å². The first kappa shape index (κ1) is 26.7. The van der Waals surface area contributed by atoms with Crippen LogP contribution < -0.4 is 16.4 Å². The van der Waals surface area contributed by atoms with Crippen LogP contribution in [0.5, 0.6) is 0 Å². The fourth-order valence-corrected chi connectivity index (χ4v) is 5.48. The van der Waals surface area contributed by atoms with Gasteiger partial charge in [0.05, 0.1) is 5.92 Å². The first-order chi connectivity index (χ1) is 17.0. The SMILES string of the molecule is CC.NC(=O)C(CCC=O)c1ccc(N2CCC(N3CCC(c4ccc(N)cc4)CC3)CC2)cc1. The minimum Gasteiger partial charge on any atom is -0.399 e. The molecule has 1 unspecified atom stereocenters. The summed E-state index contributed by atoms with van der Waals surface area (Å²) >= 11 is 0. The second-order valence-corrected chi connectivity index (χ2v) is 9.49. The zero-order valence-corrected chi connectivity index (χ0v) is 21.4. The van der Waals surface area contributed by atoms with Crippen LogP contribution in [0.25, 0.3) is 0 Å². The maximum absolute atomic E-state index is 11.8. The number of aldehydes is 1. The molecular weight excluding hydrogens is 436 g/mol. The number of piperidine rings is 2. The fourth-order valence-electron chi connectivity index (χ4n) is 5.48. The lowest BCUT2D eigenvalue weighted by Gasteiger charge is -2.42. The van der Waals surface area contributed by atoms with Crippen LogP contribution in [0.15, 0.2) is 48.5 Å². The third kappa shape index (κ3) is 7.07. The number of benzene rings is 2. The molecule has 190 valence electrons. The Morgan fingerprint density at radius 2 is 1.54 bits per heavy atom. The van der Waals surface area contributed by atoms with Crippen LogP contribution in [0.4, 0.5) is 11.4 Å². The molecule has 2 aromatic rings. The maximum atomic E-state index is 11.8. The van der Waals surface area contributed by atoms with Gasteiger partial charge in [-0.2, -0.15) is 0 Å². The maximum Gasteiger partial charge on any atom is 0.224 e. The minimum atomic E-state index is -0.397. The van der Waals surface area contributed by atoms with Crippen molar-refractivity contribution < 1.29 is 9.59 Å². The van der Waals surface area contributed by atoms with E-state index in [0.29, 0.717) is 24.8 Å². The average molecular weight is 479 g/mol. The summed E-state index contributed by atoms with van der Waals surface area (Å²) in [5.41, 5.74) is 15.7. The van der Waals surface area contributed by atoms with Crippen molar-refractivity contribution in [2.45, 2.75) is 70.3 Å².